The van der Waals surface area contributed by atoms with Gasteiger partial charge in [0.15, 0.2) is 12.5 Å². The highest BCUT2D eigenvalue weighted by Crippen LogP contribution is 2.56. The normalized spacial score (nSPS) is 63.8. The number of rotatable bonds is 1. The molecule has 6 N–H and O–H groups in total. The Morgan fingerprint density at radius 1 is 1.06 bits per heavy atom. The topological polar surface area (TPSA) is 106 Å². The first-order valence-electron chi connectivity index (χ1n) is 6.08. The molecule has 0 aromatic rings. The molecule has 5 atom stereocenters. The molecule has 1 saturated carbocycles. The predicted molar refractivity (Wildman–Crippen MR) is 57.7 cm³/mol. The molecular weight excluding hydrogens is 222 g/mol. The molecular formula is C11H17N3O3. The molecule has 6 nitrogen and oxygen atoms in total. The minimum atomic E-state index is -1.22. The Bertz CT molecular complexity index is 387. The largest absolute Gasteiger partial charge is 0.304 e. The van der Waals surface area contributed by atoms with E-state index in [0.717, 1.165) is 12.8 Å². The van der Waals surface area contributed by atoms with Gasteiger partial charge < -0.3 is 20.9 Å². The lowest BCUT2D eigenvalue weighted by Gasteiger charge is -2.36. The van der Waals surface area contributed by atoms with Crippen LogP contribution in [0.25, 0.3) is 0 Å². The summed E-state index contributed by atoms with van der Waals surface area (Å²) < 4.78 is 17.1. The van der Waals surface area contributed by atoms with Crippen molar-refractivity contribution in [2.75, 3.05) is 0 Å². The van der Waals surface area contributed by atoms with Crippen molar-refractivity contribution in [3.8, 4) is 0 Å². The predicted octanol–water partition coefficient (Wildman–Crippen LogP) is -0.846. The zero-order chi connectivity index (χ0) is 11.8. The summed E-state index contributed by atoms with van der Waals surface area (Å²) in [6.07, 6.45) is 5.11. The maximum atomic E-state index is 6.00. The van der Waals surface area contributed by atoms with Crippen molar-refractivity contribution in [2.45, 2.75) is 37.0 Å². The third kappa shape index (κ3) is 1.11. The lowest BCUT2D eigenvalue weighted by Crippen LogP contribution is -2.64. The lowest BCUT2D eigenvalue weighted by molar-refractivity contribution is -0.351. The van der Waals surface area contributed by atoms with E-state index in [1.165, 1.54) is 0 Å². The van der Waals surface area contributed by atoms with Crippen LogP contribution in [-0.4, -0.2) is 24.2 Å². The van der Waals surface area contributed by atoms with Crippen molar-refractivity contribution in [3.63, 3.8) is 0 Å². The van der Waals surface area contributed by atoms with Crippen LogP contribution in [0.4, 0.5) is 0 Å². The zero-order valence-corrected chi connectivity index (χ0v) is 9.41. The van der Waals surface area contributed by atoms with Gasteiger partial charge in [-0.3, -0.25) is 10.5 Å². The molecule has 0 spiro atoms. The van der Waals surface area contributed by atoms with Crippen LogP contribution in [0.3, 0.4) is 0 Å². The Labute approximate surface area is 99.0 Å². The molecule has 3 fully saturated rings. The Morgan fingerprint density at radius 2 is 1.76 bits per heavy atom. The molecule has 4 aliphatic rings. The summed E-state index contributed by atoms with van der Waals surface area (Å²) in [5, 5.41) is 0. The van der Waals surface area contributed by atoms with Gasteiger partial charge >= 0.3 is 0 Å². The summed E-state index contributed by atoms with van der Waals surface area (Å²) in [5.74, 6) is 0.0240. The minimum Gasteiger partial charge on any atom is -0.304 e. The highest BCUT2D eigenvalue weighted by molar-refractivity contribution is 5.14. The van der Waals surface area contributed by atoms with Crippen molar-refractivity contribution < 1.29 is 14.2 Å². The van der Waals surface area contributed by atoms with Gasteiger partial charge in [-0.05, 0) is 24.7 Å². The van der Waals surface area contributed by atoms with E-state index in [0.29, 0.717) is 11.8 Å². The average molecular weight is 239 g/mol. The maximum Gasteiger partial charge on any atom is 0.291 e. The van der Waals surface area contributed by atoms with Gasteiger partial charge in [0.05, 0.1) is 0 Å². The van der Waals surface area contributed by atoms with E-state index in [1.807, 2.05) is 0 Å². The minimum absolute atomic E-state index is 0.141. The quantitative estimate of drug-likeness (QED) is 0.515. The first-order valence-corrected chi connectivity index (χ1v) is 6.08. The summed E-state index contributed by atoms with van der Waals surface area (Å²) in [4.78, 5) is 0. The first kappa shape index (κ1) is 10.4. The van der Waals surface area contributed by atoms with E-state index in [-0.39, 0.29) is 5.92 Å². The van der Waals surface area contributed by atoms with Crippen LogP contribution in [-0.2, 0) is 14.2 Å². The van der Waals surface area contributed by atoms with Crippen LogP contribution in [0.2, 0.25) is 0 Å². The van der Waals surface area contributed by atoms with Crippen molar-refractivity contribution in [2.24, 2.45) is 35.0 Å². The maximum absolute atomic E-state index is 6.00. The lowest BCUT2D eigenvalue weighted by atomic mass is 9.91. The fourth-order valence-electron chi connectivity index (χ4n) is 3.58. The van der Waals surface area contributed by atoms with Gasteiger partial charge in [0.2, 0.25) is 5.72 Å². The third-order valence-corrected chi connectivity index (χ3v) is 4.52. The zero-order valence-electron chi connectivity index (χ0n) is 9.41. The van der Waals surface area contributed by atoms with Crippen LogP contribution in [0, 0.1) is 17.8 Å². The summed E-state index contributed by atoms with van der Waals surface area (Å²) in [6.45, 7) is 0. The molecule has 2 heterocycles. The molecule has 0 aromatic heterocycles. The summed E-state index contributed by atoms with van der Waals surface area (Å²) >= 11 is 0. The number of nitrogens with two attached hydrogens (primary N) is 3. The molecule has 6 heteroatoms. The van der Waals surface area contributed by atoms with Crippen LogP contribution in [0.5, 0.6) is 0 Å². The summed E-state index contributed by atoms with van der Waals surface area (Å²) in [7, 11) is 0. The summed E-state index contributed by atoms with van der Waals surface area (Å²) in [6, 6.07) is 0. The first-order chi connectivity index (χ1) is 8.03. The van der Waals surface area contributed by atoms with Crippen LogP contribution < -0.4 is 17.2 Å². The van der Waals surface area contributed by atoms with Crippen LogP contribution in [0.1, 0.15) is 12.8 Å². The molecule has 17 heavy (non-hydrogen) atoms. The van der Waals surface area contributed by atoms with Crippen molar-refractivity contribution in [1.82, 2.24) is 0 Å². The molecule has 0 amide bonds. The molecule has 2 aliphatic heterocycles. The number of hydrogen-bond acceptors (Lipinski definition) is 6. The van der Waals surface area contributed by atoms with E-state index in [9.17, 15) is 0 Å². The van der Waals surface area contributed by atoms with Gasteiger partial charge in [0.1, 0.15) is 0 Å². The second-order valence-corrected chi connectivity index (χ2v) is 5.52. The molecule has 5 unspecified atom stereocenters. The average Bonchev–Trinajstić information content (AvgIpc) is 2.96. The molecule has 94 valence electrons. The monoisotopic (exact) mass is 239 g/mol. The van der Waals surface area contributed by atoms with E-state index in [2.05, 4.69) is 12.2 Å². The van der Waals surface area contributed by atoms with Crippen LogP contribution in [0.15, 0.2) is 12.2 Å². The van der Waals surface area contributed by atoms with Crippen molar-refractivity contribution in [3.05, 3.63) is 12.2 Å². The molecule has 2 aliphatic carbocycles. The molecule has 4 rings (SSSR count). The van der Waals surface area contributed by atoms with Crippen molar-refractivity contribution in [1.29, 1.82) is 0 Å². The third-order valence-electron chi connectivity index (χ3n) is 4.52. The fourth-order valence-corrected chi connectivity index (χ4v) is 3.58. The highest BCUT2D eigenvalue weighted by atomic mass is 17.0. The Hall–Kier alpha value is -0.500. The van der Waals surface area contributed by atoms with Crippen LogP contribution >= 0.6 is 0 Å². The summed E-state index contributed by atoms with van der Waals surface area (Å²) in [5.41, 5.74) is 16.5. The second kappa shape index (κ2) is 2.90. The van der Waals surface area contributed by atoms with Gasteiger partial charge in [0, 0.05) is 5.92 Å². The fraction of sp³-hybridized carbons (Fsp3) is 0.818. The van der Waals surface area contributed by atoms with Crippen molar-refractivity contribution >= 4 is 0 Å². The number of allylic oxidation sites excluding steroid dienone is 2. The van der Waals surface area contributed by atoms with E-state index < -0.39 is 24.2 Å². The molecule has 0 radical (unpaired) electrons. The second-order valence-electron chi connectivity index (χ2n) is 5.52. The molecule has 4 bridgehead atoms. The van der Waals surface area contributed by atoms with E-state index in [1.54, 1.807) is 0 Å². The number of hydrogen-bond donors (Lipinski definition) is 3. The smallest absolute Gasteiger partial charge is 0.291 e. The Kier molecular flexibility index (Phi) is 1.78. The Morgan fingerprint density at radius 3 is 2.24 bits per heavy atom. The van der Waals surface area contributed by atoms with Gasteiger partial charge in [-0.15, -0.1) is 0 Å². The van der Waals surface area contributed by atoms with E-state index in [4.69, 9.17) is 31.4 Å². The molecule has 0 aromatic carbocycles. The Balaban J connectivity index is 1.69. The van der Waals surface area contributed by atoms with Gasteiger partial charge in [0.25, 0.3) is 5.97 Å². The number of fused-ring (bicyclic) bond motifs is 4. The van der Waals surface area contributed by atoms with Gasteiger partial charge in [-0.1, -0.05) is 12.2 Å². The van der Waals surface area contributed by atoms with Gasteiger partial charge in [-0.25, -0.2) is 0 Å². The number of ether oxygens (including phenoxy) is 3. The SMILES string of the molecule is NC1OC2(C3CC4C=CC3C4)OC(N)C1(N)O2. The molecule has 2 saturated heterocycles. The van der Waals surface area contributed by atoms with Gasteiger partial charge in [-0.2, -0.15) is 0 Å². The van der Waals surface area contributed by atoms with E-state index >= 15 is 0 Å². The highest BCUT2D eigenvalue weighted by Gasteiger charge is 2.71. The standard InChI is InChI=1S/C11H17N3O3/c12-8-10(14)9(13)16-11(15-8,17-10)7-4-5-1-2-6(7)3-5/h1-2,5-9H,3-4,12-14H2.